The average molecular weight is 427 g/mol. The van der Waals surface area contributed by atoms with Crippen LogP contribution in [0.15, 0.2) is 54.6 Å². The monoisotopic (exact) mass is 427 g/mol. The largest absolute Gasteiger partial charge is 0.491 e. The van der Waals surface area contributed by atoms with Crippen LogP contribution in [0.25, 0.3) is 0 Å². The Balaban J connectivity index is 1.58. The molecule has 3 rings (SSSR count). The minimum absolute atomic E-state index is 0.0733. The number of benzene rings is 2. The molecule has 1 fully saturated rings. The number of carbonyl (C=O) groups is 3. The van der Waals surface area contributed by atoms with Gasteiger partial charge >= 0.3 is 6.03 Å². The Morgan fingerprint density at radius 2 is 1.84 bits per heavy atom. The van der Waals surface area contributed by atoms with Gasteiger partial charge in [-0.2, -0.15) is 5.01 Å². The molecule has 1 aliphatic heterocycles. The first-order chi connectivity index (χ1) is 14.9. The molecule has 4 amide bonds. The van der Waals surface area contributed by atoms with Gasteiger partial charge in [0.1, 0.15) is 24.5 Å². The molecule has 164 valence electrons. The Hall–Kier alpha value is -3.43. The van der Waals surface area contributed by atoms with Gasteiger partial charge in [-0.05, 0) is 29.2 Å². The summed E-state index contributed by atoms with van der Waals surface area (Å²) in [4.78, 5) is 37.3. The normalized spacial score (nSPS) is 17.8. The first kappa shape index (κ1) is 22.3. The van der Waals surface area contributed by atoms with Crippen molar-refractivity contribution in [3.05, 3.63) is 65.7 Å². The van der Waals surface area contributed by atoms with Gasteiger partial charge in [0.25, 0.3) is 5.91 Å². The minimum atomic E-state index is -0.989. The predicted octanol–water partition coefficient (Wildman–Crippen LogP) is 1.24. The van der Waals surface area contributed by atoms with Gasteiger partial charge in [-0.3, -0.25) is 15.0 Å². The summed E-state index contributed by atoms with van der Waals surface area (Å²) in [5.41, 5.74) is 3.89. The van der Waals surface area contributed by atoms with E-state index in [1.807, 2.05) is 37.3 Å². The number of urea groups is 1. The average Bonchev–Trinajstić information content (AvgIpc) is 3.06. The number of nitrogens with zero attached hydrogens (tertiary/aromatic N) is 1. The lowest BCUT2D eigenvalue weighted by atomic mass is 9.98. The maximum atomic E-state index is 12.7. The van der Waals surface area contributed by atoms with Crippen molar-refractivity contribution in [3.63, 3.8) is 0 Å². The first-order valence-electron chi connectivity index (χ1n) is 9.89. The number of hydrazine groups is 1. The van der Waals surface area contributed by atoms with Gasteiger partial charge in [-0.25, -0.2) is 4.79 Å². The number of amides is 4. The number of rotatable bonds is 9. The van der Waals surface area contributed by atoms with E-state index in [9.17, 15) is 19.5 Å². The molecule has 9 heteroatoms. The van der Waals surface area contributed by atoms with Crippen molar-refractivity contribution in [2.45, 2.75) is 31.4 Å². The molecule has 0 bridgehead atoms. The van der Waals surface area contributed by atoms with Crippen LogP contribution in [0.4, 0.5) is 4.79 Å². The van der Waals surface area contributed by atoms with E-state index in [0.29, 0.717) is 16.3 Å². The number of ether oxygens (including phenoxy) is 1. The maximum Gasteiger partial charge on any atom is 0.344 e. The number of aliphatic hydroxyl groups is 2. The number of nitrogens with one attached hydrogen (secondary N) is 2. The Kier molecular flexibility index (Phi) is 7.22. The lowest BCUT2D eigenvalue weighted by Gasteiger charge is -2.17. The summed E-state index contributed by atoms with van der Waals surface area (Å²) in [5.74, 6) is -0.662. The Morgan fingerprint density at radius 3 is 2.48 bits per heavy atom. The van der Waals surface area contributed by atoms with Crippen LogP contribution < -0.4 is 15.5 Å². The van der Waals surface area contributed by atoms with Crippen LogP contribution in [0.2, 0.25) is 0 Å². The van der Waals surface area contributed by atoms with E-state index in [-0.39, 0.29) is 18.9 Å². The second-order valence-corrected chi connectivity index (χ2v) is 7.32. The van der Waals surface area contributed by atoms with Crippen molar-refractivity contribution in [2.24, 2.45) is 0 Å². The van der Waals surface area contributed by atoms with Crippen molar-refractivity contribution in [3.8, 4) is 5.75 Å². The molecule has 4 N–H and O–H groups in total. The number of aliphatic hydroxyl groups excluding tert-OH is 2. The summed E-state index contributed by atoms with van der Waals surface area (Å²) < 4.78 is 5.32. The molecule has 3 atom stereocenters. The van der Waals surface area contributed by atoms with Gasteiger partial charge < -0.3 is 20.3 Å². The molecule has 0 aliphatic carbocycles. The van der Waals surface area contributed by atoms with E-state index in [4.69, 9.17) is 9.84 Å². The highest BCUT2D eigenvalue weighted by molar-refractivity contribution is 6.05. The van der Waals surface area contributed by atoms with E-state index < -0.39 is 36.6 Å². The molecule has 1 heterocycles. The van der Waals surface area contributed by atoms with Crippen molar-refractivity contribution in [1.29, 1.82) is 0 Å². The van der Waals surface area contributed by atoms with Gasteiger partial charge in [-0.1, -0.05) is 49.4 Å². The van der Waals surface area contributed by atoms with Crippen LogP contribution in [-0.4, -0.2) is 52.4 Å². The summed E-state index contributed by atoms with van der Waals surface area (Å²) in [6.45, 7) is 1.41. The Morgan fingerprint density at radius 1 is 1.16 bits per heavy atom. The SMILES string of the molecule is CC(CC(=O)NN1C(=O)N[C@H](c2ccc(OC[C@@H](O)CO)cc2)C1=O)c1ccccc1. The fraction of sp³-hybridized carbons (Fsp3) is 0.318. The third-order valence-corrected chi connectivity index (χ3v) is 4.90. The lowest BCUT2D eigenvalue weighted by molar-refractivity contribution is -0.136. The molecular weight excluding hydrogens is 402 g/mol. The molecule has 9 nitrogen and oxygen atoms in total. The third-order valence-electron chi connectivity index (χ3n) is 4.90. The molecule has 0 spiro atoms. The van der Waals surface area contributed by atoms with Crippen molar-refractivity contribution in [1.82, 2.24) is 15.8 Å². The quantitative estimate of drug-likeness (QED) is 0.446. The minimum Gasteiger partial charge on any atom is -0.491 e. The van der Waals surface area contributed by atoms with Gasteiger partial charge in [-0.15, -0.1) is 0 Å². The predicted molar refractivity (Wildman–Crippen MR) is 111 cm³/mol. The zero-order valence-electron chi connectivity index (χ0n) is 17.0. The topological polar surface area (TPSA) is 128 Å². The van der Waals surface area contributed by atoms with Crippen molar-refractivity contribution in [2.75, 3.05) is 13.2 Å². The second-order valence-electron chi connectivity index (χ2n) is 7.32. The molecule has 2 aromatic rings. The van der Waals surface area contributed by atoms with Crippen LogP contribution >= 0.6 is 0 Å². The summed E-state index contributed by atoms with van der Waals surface area (Å²) in [6, 6.07) is 14.2. The summed E-state index contributed by atoms with van der Waals surface area (Å²) in [6.07, 6.45) is -0.866. The van der Waals surface area contributed by atoms with Crippen molar-refractivity contribution < 1.29 is 29.3 Å². The highest BCUT2D eigenvalue weighted by Gasteiger charge is 2.40. The van der Waals surface area contributed by atoms with E-state index in [2.05, 4.69) is 10.7 Å². The number of imide groups is 1. The molecule has 0 saturated carbocycles. The molecule has 0 radical (unpaired) electrons. The number of hydrogen-bond donors (Lipinski definition) is 4. The highest BCUT2D eigenvalue weighted by Crippen LogP contribution is 2.24. The molecule has 1 aliphatic rings. The third kappa shape index (κ3) is 5.59. The fourth-order valence-corrected chi connectivity index (χ4v) is 3.16. The fourth-order valence-electron chi connectivity index (χ4n) is 3.16. The molecule has 31 heavy (non-hydrogen) atoms. The molecule has 1 saturated heterocycles. The van der Waals surface area contributed by atoms with Gasteiger partial charge in [0.2, 0.25) is 5.91 Å². The zero-order valence-corrected chi connectivity index (χ0v) is 17.0. The van der Waals surface area contributed by atoms with E-state index in [1.54, 1.807) is 24.3 Å². The standard InChI is InChI=1S/C22H25N3O6/c1-14(15-5-3-2-4-6-15)11-19(28)24-25-21(29)20(23-22(25)30)16-7-9-18(10-8-16)31-13-17(27)12-26/h2-10,14,17,20,26-27H,11-13H2,1H3,(H,23,30)(H,24,28)/t14?,17-,20+/m0/s1. The Bertz CT molecular complexity index is 919. The lowest BCUT2D eigenvalue weighted by Crippen LogP contribution is -2.46. The summed E-state index contributed by atoms with van der Waals surface area (Å²) in [5, 5.41) is 21.4. The van der Waals surface area contributed by atoms with E-state index >= 15 is 0 Å². The second kappa shape index (κ2) is 10.1. The van der Waals surface area contributed by atoms with E-state index in [1.165, 1.54) is 0 Å². The van der Waals surface area contributed by atoms with E-state index in [0.717, 1.165) is 5.56 Å². The van der Waals surface area contributed by atoms with Crippen molar-refractivity contribution >= 4 is 17.8 Å². The summed E-state index contributed by atoms with van der Waals surface area (Å²) in [7, 11) is 0. The molecule has 2 aromatic carbocycles. The maximum absolute atomic E-state index is 12.7. The van der Waals surface area contributed by atoms with Crippen LogP contribution in [0, 0.1) is 0 Å². The number of carbonyl (C=O) groups excluding carboxylic acids is 3. The molecule has 0 aromatic heterocycles. The molecular formula is C22H25N3O6. The molecule has 1 unspecified atom stereocenters. The van der Waals surface area contributed by atoms with Crippen LogP contribution in [0.1, 0.15) is 36.4 Å². The highest BCUT2D eigenvalue weighted by atomic mass is 16.5. The number of hydrogen-bond acceptors (Lipinski definition) is 6. The smallest absolute Gasteiger partial charge is 0.344 e. The van der Waals surface area contributed by atoms with Crippen LogP contribution in [-0.2, 0) is 9.59 Å². The van der Waals surface area contributed by atoms with Crippen LogP contribution in [0.5, 0.6) is 5.75 Å². The zero-order chi connectivity index (χ0) is 22.4. The van der Waals surface area contributed by atoms with Gasteiger partial charge in [0.15, 0.2) is 0 Å². The Labute approximate surface area is 179 Å². The van der Waals surface area contributed by atoms with Gasteiger partial charge in [0.05, 0.1) is 6.61 Å². The summed E-state index contributed by atoms with van der Waals surface area (Å²) >= 11 is 0. The van der Waals surface area contributed by atoms with Gasteiger partial charge in [0, 0.05) is 6.42 Å². The first-order valence-corrected chi connectivity index (χ1v) is 9.89. The van der Waals surface area contributed by atoms with Crippen LogP contribution in [0.3, 0.4) is 0 Å².